The van der Waals surface area contributed by atoms with Crippen LogP contribution >= 0.6 is 0 Å². The van der Waals surface area contributed by atoms with Crippen molar-refractivity contribution < 1.29 is 22.1 Å². The van der Waals surface area contributed by atoms with E-state index in [0.717, 1.165) is 22.2 Å². The number of amides is 1. The molecule has 1 heterocycles. The van der Waals surface area contributed by atoms with E-state index in [-0.39, 0.29) is 18.1 Å². The Morgan fingerprint density at radius 2 is 1.77 bits per heavy atom. The molecule has 0 aliphatic carbocycles. The molecule has 0 saturated carbocycles. The zero-order chi connectivity index (χ0) is 21.9. The van der Waals surface area contributed by atoms with Gasteiger partial charge in [0.25, 0.3) is 0 Å². The van der Waals surface area contributed by atoms with Crippen LogP contribution in [0.1, 0.15) is 12.8 Å². The van der Waals surface area contributed by atoms with Gasteiger partial charge in [0, 0.05) is 12.6 Å². The Morgan fingerprint density at radius 1 is 1.13 bits per heavy atom. The van der Waals surface area contributed by atoms with Gasteiger partial charge in [-0.1, -0.05) is 47.6 Å². The molecule has 0 aliphatic heterocycles. The summed E-state index contributed by atoms with van der Waals surface area (Å²) >= 11 is 0. The minimum atomic E-state index is -3.93. The monoisotopic (exact) mass is 432 g/mol. The average Bonchev–Trinajstić information content (AvgIpc) is 3.17. The molecule has 0 N–H and O–H groups in total. The summed E-state index contributed by atoms with van der Waals surface area (Å²) in [6.45, 7) is 1.37. The van der Waals surface area contributed by atoms with E-state index in [1.165, 1.54) is 37.1 Å². The molecule has 0 bridgehead atoms. The van der Waals surface area contributed by atoms with E-state index < -0.39 is 27.8 Å². The Hall–Kier alpha value is -3.27. The third-order valence-corrected chi connectivity index (χ3v) is 5.63. The molecule has 1 amide bonds. The van der Waals surface area contributed by atoms with Gasteiger partial charge < -0.3 is 9.42 Å². The lowest BCUT2D eigenvalue weighted by Gasteiger charge is -2.30. The number of hydrogen-bond donors (Lipinski definition) is 0. The number of anilines is 1. The summed E-state index contributed by atoms with van der Waals surface area (Å²) in [6.07, 6.45) is 0.924. The summed E-state index contributed by atoms with van der Waals surface area (Å²) in [4.78, 5) is 18.4. The van der Waals surface area contributed by atoms with Gasteiger partial charge in [0.1, 0.15) is 11.9 Å². The number of carbonyl (C=O) groups excluding carboxylic acids is 1. The minimum absolute atomic E-state index is 0.0299. The number of hydrogen-bond acceptors (Lipinski definition) is 6. The molecule has 158 valence electrons. The van der Waals surface area contributed by atoms with E-state index in [4.69, 9.17) is 4.52 Å². The van der Waals surface area contributed by atoms with E-state index in [9.17, 15) is 17.6 Å². The summed E-state index contributed by atoms with van der Waals surface area (Å²) in [6, 6.07) is 13.4. The van der Waals surface area contributed by atoms with Crippen LogP contribution in [0.4, 0.5) is 10.1 Å². The highest BCUT2D eigenvalue weighted by Gasteiger charge is 2.33. The van der Waals surface area contributed by atoms with Crippen molar-refractivity contribution in [2.45, 2.75) is 19.5 Å². The van der Waals surface area contributed by atoms with Gasteiger partial charge in [0.05, 0.1) is 18.5 Å². The number of aromatic nitrogens is 2. The van der Waals surface area contributed by atoms with Crippen molar-refractivity contribution in [1.82, 2.24) is 15.0 Å². The van der Waals surface area contributed by atoms with Crippen molar-refractivity contribution in [3.05, 3.63) is 66.3 Å². The van der Waals surface area contributed by atoms with Crippen molar-refractivity contribution in [3.63, 3.8) is 0 Å². The Labute approximate surface area is 174 Å². The Morgan fingerprint density at radius 3 is 2.40 bits per heavy atom. The second-order valence-corrected chi connectivity index (χ2v) is 8.62. The number of para-hydroxylation sites is 1. The third kappa shape index (κ3) is 4.65. The maximum absolute atomic E-state index is 14.2. The number of carbonyl (C=O) groups is 1. The lowest BCUT2D eigenvalue weighted by atomic mass is 10.2. The molecule has 30 heavy (non-hydrogen) atoms. The van der Waals surface area contributed by atoms with Gasteiger partial charge >= 0.3 is 0 Å². The van der Waals surface area contributed by atoms with Crippen LogP contribution in [0, 0.1) is 5.82 Å². The molecular weight excluding hydrogens is 411 g/mol. The summed E-state index contributed by atoms with van der Waals surface area (Å²) < 4.78 is 44.9. The molecule has 0 spiro atoms. The summed E-state index contributed by atoms with van der Waals surface area (Å²) in [5.41, 5.74) is 0.566. The van der Waals surface area contributed by atoms with Gasteiger partial charge in [-0.15, -0.1) is 0 Å². The lowest BCUT2D eigenvalue weighted by molar-refractivity contribution is -0.131. The molecule has 0 aliphatic rings. The highest BCUT2D eigenvalue weighted by atomic mass is 32.2. The highest BCUT2D eigenvalue weighted by molar-refractivity contribution is 7.92. The minimum Gasteiger partial charge on any atom is -0.337 e. The normalized spacial score (nSPS) is 12.4. The average molecular weight is 432 g/mol. The first kappa shape index (κ1) is 21.4. The maximum Gasteiger partial charge on any atom is 0.246 e. The Bertz CT molecular complexity index is 1130. The van der Waals surface area contributed by atoms with Crippen LogP contribution < -0.4 is 4.31 Å². The fourth-order valence-corrected chi connectivity index (χ4v) is 4.20. The summed E-state index contributed by atoms with van der Waals surface area (Å²) in [5.74, 6) is -0.727. The van der Waals surface area contributed by atoms with Crippen molar-refractivity contribution in [2.75, 3.05) is 17.6 Å². The van der Waals surface area contributed by atoms with Crippen LogP contribution in [-0.2, 0) is 21.4 Å². The predicted octanol–water partition coefficient (Wildman–Crippen LogP) is 2.69. The zero-order valence-corrected chi connectivity index (χ0v) is 17.5. The number of likely N-dealkylation sites (N-methyl/N-ethyl adjacent to an activating group) is 1. The fraction of sp³-hybridized carbons (Fsp3) is 0.250. The lowest BCUT2D eigenvalue weighted by Crippen LogP contribution is -2.48. The van der Waals surface area contributed by atoms with Gasteiger partial charge in [0.15, 0.2) is 0 Å². The molecule has 2 aromatic carbocycles. The van der Waals surface area contributed by atoms with E-state index in [1.54, 1.807) is 0 Å². The first-order valence-corrected chi connectivity index (χ1v) is 10.9. The largest absolute Gasteiger partial charge is 0.337 e. The number of benzene rings is 2. The van der Waals surface area contributed by atoms with Crippen molar-refractivity contribution >= 4 is 21.6 Å². The zero-order valence-electron chi connectivity index (χ0n) is 16.7. The van der Waals surface area contributed by atoms with Gasteiger partial charge in [-0.2, -0.15) is 4.98 Å². The molecule has 3 rings (SSSR count). The molecule has 0 saturated heterocycles. The molecule has 1 atom stereocenters. The predicted molar refractivity (Wildman–Crippen MR) is 109 cm³/mol. The van der Waals surface area contributed by atoms with Crippen LogP contribution in [0.3, 0.4) is 0 Å². The smallest absolute Gasteiger partial charge is 0.246 e. The second kappa shape index (κ2) is 8.62. The van der Waals surface area contributed by atoms with Gasteiger partial charge in [-0.05, 0) is 19.1 Å². The van der Waals surface area contributed by atoms with Gasteiger partial charge in [-0.3, -0.25) is 9.10 Å². The molecule has 8 nitrogen and oxygen atoms in total. The molecule has 3 aromatic rings. The van der Waals surface area contributed by atoms with Gasteiger partial charge in [0.2, 0.25) is 27.6 Å². The molecule has 10 heteroatoms. The quantitative estimate of drug-likeness (QED) is 0.570. The molecule has 0 radical (unpaired) electrons. The number of sulfonamides is 1. The molecule has 0 fully saturated rings. The number of nitrogens with zero attached hydrogens (tertiary/aromatic N) is 4. The topological polar surface area (TPSA) is 96.6 Å². The van der Waals surface area contributed by atoms with Crippen LogP contribution in [0.2, 0.25) is 0 Å². The SMILES string of the molecule is C[C@@H](C(=O)N(C)Cc1nc(-c2ccccc2)no1)N(c1ccccc1F)S(C)(=O)=O. The van der Waals surface area contributed by atoms with Crippen LogP contribution in [0.5, 0.6) is 0 Å². The van der Waals surface area contributed by atoms with E-state index in [2.05, 4.69) is 10.1 Å². The fourth-order valence-electron chi connectivity index (χ4n) is 3.03. The van der Waals surface area contributed by atoms with Gasteiger partial charge in [-0.25, -0.2) is 12.8 Å². The van der Waals surface area contributed by atoms with Crippen LogP contribution in [0.15, 0.2) is 59.1 Å². The summed E-state index contributed by atoms with van der Waals surface area (Å²) in [5, 5.41) is 3.90. The molecule has 0 unspecified atom stereocenters. The van der Waals surface area contributed by atoms with E-state index >= 15 is 0 Å². The van der Waals surface area contributed by atoms with E-state index in [0.29, 0.717) is 5.82 Å². The Kier molecular flexibility index (Phi) is 6.16. The third-order valence-electron chi connectivity index (χ3n) is 4.41. The van der Waals surface area contributed by atoms with E-state index in [1.807, 2.05) is 30.3 Å². The number of rotatable bonds is 7. The molecular formula is C20H21FN4O4S. The molecule has 1 aromatic heterocycles. The van der Waals surface area contributed by atoms with Crippen molar-refractivity contribution in [1.29, 1.82) is 0 Å². The standard InChI is InChI=1S/C20H21FN4O4S/c1-14(25(30(3,27)28)17-12-8-7-11-16(17)21)20(26)24(2)13-18-22-19(23-29-18)15-9-5-4-6-10-15/h4-12,14H,13H2,1-3H3/t14-/m0/s1. The first-order valence-electron chi connectivity index (χ1n) is 9.05. The van der Waals surface area contributed by atoms with Crippen molar-refractivity contribution in [2.24, 2.45) is 0 Å². The van der Waals surface area contributed by atoms with Crippen LogP contribution in [-0.4, -0.2) is 48.7 Å². The highest BCUT2D eigenvalue weighted by Crippen LogP contribution is 2.25. The van der Waals surface area contributed by atoms with Crippen LogP contribution in [0.25, 0.3) is 11.4 Å². The first-order chi connectivity index (χ1) is 14.2. The van der Waals surface area contributed by atoms with Crippen molar-refractivity contribution in [3.8, 4) is 11.4 Å². The summed E-state index contributed by atoms with van der Waals surface area (Å²) in [7, 11) is -2.45. The second-order valence-electron chi connectivity index (χ2n) is 6.76. The number of halogens is 1. The Balaban J connectivity index is 1.79. The maximum atomic E-state index is 14.2.